The number of rotatable bonds is 8. The smallest absolute Gasteiger partial charge is 0.122 e. The summed E-state index contributed by atoms with van der Waals surface area (Å²) < 4.78 is 7.35. The molecule has 0 radical (unpaired) electrons. The normalized spacial score (nSPS) is 12.9. The van der Waals surface area contributed by atoms with Gasteiger partial charge in [0.15, 0.2) is 0 Å². The molecule has 1 atom stereocenters. The van der Waals surface area contributed by atoms with Crippen molar-refractivity contribution in [2.24, 2.45) is 0 Å². The van der Waals surface area contributed by atoms with Gasteiger partial charge in [0.05, 0.1) is 13.2 Å². The van der Waals surface area contributed by atoms with Gasteiger partial charge < -0.3 is 14.6 Å². The number of aromatic nitrogens is 2. The third-order valence-electron chi connectivity index (χ3n) is 2.68. The van der Waals surface area contributed by atoms with Crippen LogP contribution in [0.15, 0.2) is 12.4 Å². The molecule has 1 aromatic heterocycles. The number of hydrogen-bond acceptors (Lipinski definition) is 3. The van der Waals surface area contributed by atoms with Crippen LogP contribution < -0.4 is 5.32 Å². The van der Waals surface area contributed by atoms with Gasteiger partial charge in [-0.3, -0.25) is 0 Å². The van der Waals surface area contributed by atoms with E-state index in [1.54, 1.807) is 7.11 Å². The fourth-order valence-electron chi connectivity index (χ4n) is 1.71. The van der Waals surface area contributed by atoms with Crippen molar-refractivity contribution in [3.05, 3.63) is 18.2 Å². The fourth-order valence-corrected chi connectivity index (χ4v) is 1.71. The van der Waals surface area contributed by atoms with Crippen molar-refractivity contribution in [1.29, 1.82) is 0 Å². The Kier molecular flexibility index (Phi) is 6.11. The first-order chi connectivity index (χ1) is 7.81. The van der Waals surface area contributed by atoms with Gasteiger partial charge in [-0.2, -0.15) is 0 Å². The highest BCUT2D eigenvalue weighted by atomic mass is 16.5. The minimum absolute atomic E-state index is 0.414. The Labute approximate surface area is 98.0 Å². The van der Waals surface area contributed by atoms with Gasteiger partial charge in [-0.1, -0.05) is 13.8 Å². The lowest BCUT2D eigenvalue weighted by molar-refractivity contribution is 0.163. The summed E-state index contributed by atoms with van der Waals surface area (Å²) in [6.45, 7) is 6.95. The summed E-state index contributed by atoms with van der Waals surface area (Å²) in [5.74, 6) is 1.11. The molecule has 0 aromatic carbocycles. The minimum Gasteiger partial charge on any atom is -0.383 e. The lowest BCUT2D eigenvalue weighted by Gasteiger charge is -2.16. The van der Waals surface area contributed by atoms with Crippen molar-refractivity contribution in [1.82, 2.24) is 14.9 Å². The van der Waals surface area contributed by atoms with Gasteiger partial charge in [0.1, 0.15) is 5.82 Å². The van der Waals surface area contributed by atoms with E-state index >= 15 is 0 Å². The number of aryl methyl sites for hydroxylation is 1. The van der Waals surface area contributed by atoms with Crippen molar-refractivity contribution in [2.45, 2.75) is 45.8 Å². The Hall–Kier alpha value is -0.870. The Morgan fingerprint density at radius 3 is 2.94 bits per heavy atom. The van der Waals surface area contributed by atoms with Gasteiger partial charge in [0.2, 0.25) is 0 Å². The molecule has 1 N–H and O–H groups in total. The fraction of sp³-hybridized carbons (Fsp3) is 0.750. The van der Waals surface area contributed by atoms with Gasteiger partial charge in [-0.25, -0.2) is 4.98 Å². The molecule has 0 fully saturated rings. The first kappa shape index (κ1) is 13.2. The van der Waals surface area contributed by atoms with Gasteiger partial charge in [-0.05, 0) is 12.8 Å². The van der Waals surface area contributed by atoms with Crippen LogP contribution in [-0.4, -0.2) is 29.3 Å². The number of imidazole rings is 1. The number of ether oxygens (including phenoxy) is 1. The van der Waals surface area contributed by atoms with E-state index in [2.05, 4.69) is 28.7 Å². The Bertz CT molecular complexity index is 286. The highest BCUT2D eigenvalue weighted by Gasteiger charge is 2.07. The van der Waals surface area contributed by atoms with E-state index in [0.717, 1.165) is 38.4 Å². The quantitative estimate of drug-likeness (QED) is 0.733. The number of methoxy groups -OCH3 is 1. The summed E-state index contributed by atoms with van der Waals surface area (Å²) in [6.07, 6.45) is 6.11. The van der Waals surface area contributed by atoms with Crippen LogP contribution in [0.5, 0.6) is 0 Å². The molecule has 0 aliphatic heterocycles. The molecule has 0 saturated carbocycles. The van der Waals surface area contributed by atoms with E-state index in [0.29, 0.717) is 6.04 Å². The van der Waals surface area contributed by atoms with E-state index in [1.165, 1.54) is 0 Å². The highest BCUT2D eigenvalue weighted by molar-refractivity contribution is 4.92. The predicted molar refractivity (Wildman–Crippen MR) is 65.3 cm³/mol. The van der Waals surface area contributed by atoms with E-state index < -0.39 is 0 Å². The van der Waals surface area contributed by atoms with Crippen molar-refractivity contribution >= 4 is 0 Å². The van der Waals surface area contributed by atoms with Crippen LogP contribution in [0.25, 0.3) is 0 Å². The maximum absolute atomic E-state index is 5.15. The third kappa shape index (κ3) is 3.94. The molecule has 0 aliphatic rings. The largest absolute Gasteiger partial charge is 0.383 e. The second-order valence-corrected chi connectivity index (χ2v) is 3.98. The zero-order chi connectivity index (χ0) is 11.8. The van der Waals surface area contributed by atoms with Crippen molar-refractivity contribution < 1.29 is 4.74 Å². The second-order valence-electron chi connectivity index (χ2n) is 3.98. The second kappa shape index (κ2) is 7.41. The van der Waals surface area contributed by atoms with E-state index in [-0.39, 0.29) is 0 Å². The summed E-state index contributed by atoms with van der Waals surface area (Å²) in [6, 6.07) is 0.414. The minimum atomic E-state index is 0.414. The molecule has 4 nitrogen and oxygen atoms in total. The highest BCUT2D eigenvalue weighted by Crippen LogP contribution is 2.01. The van der Waals surface area contributed by atoms with E-state index in [1.807, 2.05) is 12.4 Å². The number of nitrogens with one attached hydrogen (secondary N) is 1. The van der Waals surface area contributed by atoms with E-state index in [4.69, 9.17) is 4.74 Å². The molecule has 1 heterocycles. The molecule has 92 valence electrons. The zero-order valence-electron chi connectivity index (χ0n) is 10.6. The van der Waals surface area contributed by atoms with Crippen LogP contribution in [0, 0.1) is 0 Å². The summed E-state index contributed by atoms with van der Waals surface area (Å²) in [5.41, 5.74) is 0. The standard InChI is InChI=1S/C12H23N3O/c1-4-7-15-8-6-13-12(15)9-14-11(5-2)10-16-3/h6,8,11,14H,4-5,7,9-10H2,1-3H3. The SMILES string of the molecule is CCCn1ccnc1CNC(CC)COC. The molecule has 0 bridgehead atoms. The maximum Gasteiger partial charge on any atom is 0.122 e. The van der Waals surface area contributed by atoms with Crippen LogP contribution in [0.3, 0.4) is 0 Å². The van der Waals surface area contributed by atoms with Crippen LogP contribution in [0.1, 0.15) is 32.5 Å². The Morgan fingerprint density at radius 2 is 2.31 bits per heavy atom. The van der Waals surface area contributed by atoms with Crippen molar-refractivity contribution in [3.63, 3.8) is 0 Å². The molecule has 0 saturated heterocycles. The monoisotopic (exact) mass is 225 g/mol. The molecule has 0 amide bonds. The lowest BCUT2D eigenvalue weighted by atomic mass is 10.2. The van der Waals surface area contributed by atoms with Crippen LogP contribution in [0.4, 0.5) is 0 Å². The van der Waals surface area contributed by atoms with Crippen molar-refractivity contribution in [2.75, 3.05) is 13.7 Å². The average Bonchev–Trinajstić information content (AvgIpc) is 2.72. The van der Waals surface area contributed by atoms with Crippen LogP contribution in [0.2, 0.25) is 0 Å². The number of hydrogen-bond donors (Lipinski definition) is 1. The van der Waals surface area contributed by atoms with Gasteiger partial charge in [0, 0.05) is 32.1 Å². The molecule has 0 aliphatic carbocycles. The molecule has 1 unspecified atom stereocenters. The molecule has 1 rings (SSSR count). The summed E-state index contributed by atoms with van der Waals surface area (Å²) in [4.78, 5) is 4.36. The summed E-state index contributed by atoms with van der Waals surface area (Å²) in [7, 11) is 1.74. The molecule has 4 heteroatoms. The van der Waals surface area contributed by atoms with Gasteiger partial charge in [-0.15, -0.1) is 0 Å². The third-order valence-corrected chi connectivity index (χ3v) is 2.68. The predicted octanol–water partition coefficient (Wildman–Crippen LogP) is 1.81. The molecule has 16 heavy (non-hydrogen) atoms. The summed E-state index contributed by atoms with van der Waals surface area (Å²) >= 11 is 0. The van der Waals surface area contributed by atoms with E-state index in [9.17, 15) is 0 Å². The molecular formula is C12H23N3O. The Balaban J connectivity index is 2.43. The van der Waals surface area contributed by atoms with Crippen molar-refractivity contribution in [3.8, 4) is 0 Å². The average molecular weight is 225 g/mol. The molecule has 0 spiro atoms. The lowest BCUT2D eigenvalue weighted by Crippen LogP contribution is -2.33. The summed E-state index contributed by atoms with van der Waals surface area (Å²) in [5, 5.41) is 3.46. The van der Waals surface area contributed by atoms with Gasteiger partial charge in [0.25, 0.3) is 0 Å². The topological polar surface area (TPSA) is 39.1 Å². The van der Waals surface area contributed by atoms with Crippen LogP contribution >= 0.6 is 0 Å². The first-order valence-corrected chi connectivity index (χ1v) is 6.04. The first-order valence-electron chi connectivity index (χ1n) is 6.04. The number of nitrogens with zero attached hydrogens (tertiary/aromatic N) is 2. The van der Waals surface area contributed by atoms with Gasteiger partial charge >= 0.3 is 0 Å². The Morgan fingerprint density at radius 1 is 1.50 bits per heavy atom. The molecular weight excluding hydrogens is 202 g/mol. The zero-order valence-corrected chi connectivity index (χ0v) is 10.6. The molecule has 1 aromatic rings. The maximum atomic E-state index is 5.15. The van der Waals surface area contributed by atoms with Crippen LogP contribution in [-0.2, 0) is 17.8 Å².